The molecule has 6 heterocycles. The van der Waals surface area contributed by atoms with Crippen LogP contribution in [0.25, 0.3) is 32.1 Å². The number of aromatic nitrogens is 2. The molecule has 0 bridgehead atoms. The number of nitrogens with two attached hydrogens (primary N) is 1. The number of fused-ring (bicyclic) bond motifs is 3. The summed E-state index contributed by atoms with van der Waals surface area (Å²) in [6.45, 7) is 5.20. The third-order valence-electron chi connectivity index (χ3n) is 10.3. The van der Waals surface area contributed by atoms with Crippen molar-refractivity contribution in [1.29, 1.82) is 5.26 Å². The normalized spacial score (nSPS) is 25.4. The molecule has 4 aliphatic rings. The lowest BCUT2D eigenvalue weighted by Crippen LogP contribution is -2.44. The fourth-order valence-electron chi connectivity index (χ4n) is 8.15. The standard InChI is InChI=1S/C33H32ClF3N6O3S/c1-2-43-21-15-44-13-16(21)14-46-28-24-27(40-32(41-31(24)43)45-9-7-33-6-3-8-42(33)12-17(35)10-33)26(37)23(25(28)34)18-4-5-20(36)29-22(18)19(11-38)30(39)47-29/h4-5,16-17,21H,2-3,6-10,12-15,39H2,1H3/t16?,17-,21?,33-/m1/s1. The first-order chi connectivity index (χ1) is 22.7. The number of alkyl halides is 1. The molecule has 0 spiro atoms. The van der Waals surface area contributed by atoms with Crippen LogP contribution in [-0.4, -0.2) is 78.7 Å². The number of likely N-dealkylation sites (N-methyl/N-ethyl adjacent to an activating group) is 1. The fourth-order valence-corrected chi connectivity index (χ4v) is 9.44. The van der Waals surface area contributed by atoms with Gasteiger partial charge in [-0.1, -0.05) is 17.7 Å². The van der Waals surface area contributed by atoms with Gasteiger partial charge in [-0.05, 0) is 44.4 Å². The summed E-state index contributed by atoms with van der Waals surface area (Å²) in [5, 5.41) is 10.5. The van der Waals surface area contributed by atoms with Gasteiger partial charge in [-0.15, -0.1) is 11.3 Å². The molecule has 0 radical (unpaired) electrons. The van der Waals surface area contributed by atoms with Gasteiger partial charge >= 0.3 is 6.01 Å². The predicted molar refractivity (Wildman–Crippen MR) is 174 cm³/mol. The van der Waals surface area contributed by atoms with E-state index in [0.29, 0.717) is 45.0 Å². The molecule has 0 saturated carbocycles. The highest BCUT2D eigenvalue weighted by atomic mass is 35.5. The van der Waals surface area contributed by atoms with Crippen LogP contribution >= 0.6 is 22.9 Å². The number of nitrogen functional groups attached to an aromatic ring is 1. The number of hydrogen-bond acceptors (Lipinski definition) is 10. The molecule has 2 aromatic heterocycles. The molecule has 4 atom stereocenters. The summed E-state index contributed by atoms with van der Waals surface area (Å²) in [6, 6.07) is 4.52. The minimum Gasteiger partial charge on any atom is -0.491 e. The largest absolute Gasteiger partial charge is 0.491 e. The van der Waals surface area contributed by atoms with Gasteiger partial charge in [-0.25, -0.2) is 13.2 Å². The lowest BCUT2D eigenvalue weighted by Gasteiger charge is -2.35. The van der Waals surface area contributed by atoms with Crippen LogP contribution in [-0.2, 0) is 4.74 Å². The molecule has 8 rings (SSSR count). The SMILES string of the molecule is CCN1c2nc(OCC[C@@]34CCCN3C[C@H](F)C4)nc3c(F)c(-c4ccc(F)c5sc(N)c(C#N)c45)c(Cl)c(c23)OCC2COCC21. The Kier molecular flexibility index (Phi) is 7.55. The average Bonchev–Trinajstić information content (AvgIpc) is 3.80. The van der Waals surface area contributed by atoms with Crippen molar-refractivity contribution in [1.82, 2.24) is 14.9 Å². The van der Waals surface area contributed by atoms with E-state index in [-0.39, 0.29) is 90.2 Å². The van der Waals surface area contributed by atoms with Gasteiger partial charge in [0.1, 0.15) is 34.4 Å². The van der Waals surface area contributed by atoms with Crippen LogP contribution in [0.2, 0.25) is 5.02 Å². The molecular formula is C33H32ClF3N6O3S. The van der Waals surface area contributed by atoms with E-state index in [1.54, 1.807) is 0 Å². The van der Waals surface area contributed by atoms with Crippen LogP contribution in [0.1, 0.15) is 38.2 Å². The van der Waals surface area contributed by atoms with E-state index in [0.717, 1.165) is 30.7 Å². The highest BCUT2D eigenvalue weighted by Crippen LogP contribution is 2.51. The van der Waals surface area contributed by atoms with Gasteiger partial charge in [0.05, 0.1) is 53.1 Å². The smallest absolute Gasteiger partial charge is 0.319 e. The highest BCUT2D eigenvalue weighted by Gasteiger charge is 2.48. The zero-order valence-electron chi connectivity index (χ0n) is 25.6. The summed E-state index contributed by atoms with van der Waals surface area (Å²) in [5.74, 6) is -0.812. The first kappa shape index (κ1) is 30.7. The molecule has 47 heavy (non-hydrogen) atoms. The van der Waals surface area contributed by atoms with Crippen LogP contribution in [0, 0.1) is 28.9 Å². The highest BCUT2D eigenvalue weighted by molar-refractivity contribution is 7.23. The summed E-state index contributed by atoms with van der Waals surface area (Å²) in [7, 11) is 0. The molecule has 246 valence electrons. The Balaban J connectivity index is 1.31. The molecule has 14 heteroatoms. The Morgan fingerprint density at radius 3 is 2.89 bits per heavy atom. The number of anilines is 2. The number of thiophene rings is 1. The second kappa shape index (κ2) is 11.5. The number of hydrogen-bond donors (Lipinski definition) is 1. The molecule has 2 unspecified atom stereocenters. The Labute approximate surface area is 278 Å². The van der Waals surface area contributed by atoms with Gasteiger partial charge in [-0.3, -0.25) is 4.90 Å². The third-order valence-corrected chi connectivity index (χ3v) is 11.7. The van der Waals surface area contributed by atoms with E-state index in [2.05, 4.69) is 14.8 Å². The summed E-state index contributed by atoms with van der Waals surface area (Å²) in [5.41, 5.74) is 5.90. The monoisotopic (exact) mass is 684 g/mol. The van der Waals surface area contributed by atoms with E-state index < -0.39 is 17.8 Å². The van der Waals surface area contributed by atoms with Gasteiger partial charge in [-0.2, -0.15) is 15.2 Å². The van der Waals surface area contributed by atoms with Crippen molar-refractivity contribution in [2.24, 2.45) is 5.92 Å². The number of nitriles is 1. The zero-order chi connectivity index (χ0) is 32.6. The van der Waals surface area contributed by atoms with E-state index in [9.17, 15) is 14.0 Å². The van der Waals surface area contributed by atoms with Crippen molar-refractivity contribution in [3.8, 4) is 29.0 Å². The fraction of sp³-hybridized carbons (Fsp3) is 0.485. The number of nitrogens with zero attached hydrogens (tertiary/aromatic N) is 5. The zero-order valence-corrected chi connectivity index (χ0v) is 27.2. The second-order valence-electron chi connectivity index (χ2n) is 12.8. The van der Waals surface area contributed by atoms with Gasteiger partial charge in [0.15, 0.2) is 11.6 Å². The lowest BCUT2D eigenvalue weighted by atomic mass is 9.90. The maximum Gasteiger partial charge on any atom is 0.319 e. The summed E-state index contributed by atoms with van der Waals surface area (Å²) in [6.07, 6.45) is 2.10. The van der Waals surface area contributed by atoms with Crippen LogP contribution < -0.4 is 20.1 Å². The molecule has 3 fully saturated rings. The van der Waals surface area contributed by atoms with Crippen molar-refractivity contribution < 1.29 is 27.4 Å². The summed E-state index contributed by atoms with van der Waals surface area (Å²) >= 11 is 7.97. The summed E-state index contributed by atoms with van der Waals surface area (Å²) in [4.78, 5) is 13.7. The van der Waals surface area contributed by atoms with E-state index in [1.165, 1.54) is 12.1 Å². The first-order valence-electron chi connectivity index (χ1n) is 15.9. The first-order valence-corrected chi connectivity index (χ1v) is 17.1. The van der Waals surface area contributed by atoms with E-state index in [4.69, 9.17) is 36.5 Å². The van der Waals surface area contributed by atoms with E-state index in [1.807, 2.05) is 13.0 Å². The Bertz CT molecular complexity index is 1970. The molecule has 4 aromatic rings. The molecule has 2 aromatic carbocycles. The molecule has 2 N–H and O–H groups in total. The van der Waals surface area contributed by atoms with Crippen molar-refractivity contribution in [3.63, 3.8) is 0 Å². The molecule has 0 aliphatic carbocycles. The molecule has 9 nitrogen and oxygen atoms in total. The third kappa shape index (κ3) is 4.70. The quantitative estimate of drug-likeness (QED) is 0.244. The lowest BCUT2D eigenvalue weighted by molar-refractivity contribution is 0.146. The average molecular weight is 685 g/mol. The van der Waals surface area contributed by atoms with Crippen molar-refractivity contribution in [3.05, 3.63) is 34.4 Å². The molecule has 3 saturated heterocycles. The van der Waals surface area contributed by atoms with Gasteiger partial charge < -0.3 is 24.8 Å². The van der Waals surface area contributed by atoms with Crippen LogP contribution in [0.3, 0.4) is 0 Å². The van der Waals surface area contributed by atoms with Crippen molar-refractivity contribution in [2.75, 3.05) is 56.7 Å². The number of halogens is 4. The maximum absolute atomic E-state index is 17.1. The second-order valence-corrected chi connectivity index (χ2v) is 14.2. The number of ether oxygens (including phenoxy) is 3. The number of rotatable bonds is 6. The predicted octanol–water partition coefficient (Wildman–Crippen LogP) is 6.48. The Morgan fingerprint density at radius 2 is 2.09 bits per heavy atom. The summed E-state index contributed by atoms with van der Waals surface area (Å²) < 4.78 is 65.0. The molecule has 4 aliphatic heterocycles. The molecule has 0 amide bonds. The molecular weight excluding hydrogens is 653 g/mol. The minimum absolute atomic E-state index is 0.0232. The van der Waals surface area contributed by atoms with Crippen LogP contribution in [0.4, 0.5) is 24.0 Å². The topological polar surface area (TPSA) is 110 Å². The van der Waals surface area contributed by atoms with Crippen molar-refractivity contribution in [2.45, 2.75) is 50.4 Å². The number of benzene rings is 2. The van der Waals surface area contributed by atoms with Gasteiger partial charge in [0, 0.05) is 41.9 Å². The van der Waals surface area contributed by atoms with Crippen molar-refractivity contribution >= 4 is 54.7 Å². The van der Waals surface area contributed by atoms with Gasteiger partial charge in [0.2, 0.25) is 0 Å². The van der Waals surface area contributed by atoms with E-state index >= 15 is 4.39 Å². The van der Waals surface area contributed by atoms with Crippen LogP contribution in [0.15, 0.2) is 12.1 Å². The minimum atomic E-state index is -0.863. The Morgan fingerprint density at radius 1 is 1.23 bits per heavy atom. The van der Waals surface area contributed by atoms with Crippen LogP contribution in [0.5, 0.6) is 11.8 Å². The Hall–Kier alpha value is -3.57. The van der Waals surface area contributed by atoms with Gasteiger partial charge in [0.25, 0.3) is 0 Å². The maximum atomic E-state index is 17.1.